The zero-order valence-electron chi connectivity index (χ0n) is 14.4. The van der Waals surface area contributed by atoms with Crippen LogP contribution in [0, 0.1) is 0 Å². The average Bonchev–Trinajstić information content (AvgIpc) is 3.32. The van der Waals surface area contributed by atoms with E-state index < -0.39 is 0 Å². The third kappa shape index (κ3) is 4.68. The molecule has 3 aromatic rings. The van der Waals surface area contributed by atoms with Gasteiger partial charge in [0.25, 0.3) is 5.78 Å². The highest BCUT2D eigenvalue weighted by atomic mass is 16.3. The first kappa shape index (κ1) is 18.1. The number of nitrogens with one attached hydrogen (secondary N) is 3. The summed E-state index contributed by atoms with van der Waals surface area (Å²) in [6.45, 7) is 1.28. The molecular weight excluding hydrogens is 354 g/mol. The zero-order chi connectivity index (χ0) is 19.1. The van der Waals surface area contributed by atoms with Crippen LogP contribution in [-0.2, 0) is 9.59 Å². The minimum atomic E-state index is -0.0964. The predicted molar refractivity (Wildman–Crippen MR) is 95.5 cm³/mol. The SMILES string of the molecule is Nc1nc(NCCCC(=O)NCCNC=O)nc2nc(-c3ccco3)nn12. The van der Waals surface area contributed by atoms with Gasteiger partial charge in [-0.2, -0.15) is 19.5 Å². The van der Waals surface area contributed by atoms with E-state index in [0.717, 1.165) is 0 Å². The fourth-order valence-corrected chi connectivity index (χ4v) is 2.27. The third-order valence-corrected chi connectivity index (χ3v) is 3.51. The van der Waals surface area contributed by atoms with Crippen LogP contribution >= 0.6 is 0 Å². The van der Waals surface area contributed by atoms with E-state index in [0.29, 0.717) is 56.4 Å². The Morgan fingerprint density at radius 3 is 2.93 bits per heavy atom. The molecule has 0 aliphatic rings. The molecule has 0 aliphatic carbocycles. The Balaban J connectivity index is 1.52. The number of anilines is 2. The van der Waals surface area contributed by atoms with Gasteiger partial charge in [-0.25, -0.2) is 0 Å². The van der Waals surface area contributed by atoms with Gasteiger partial charge in [0.05, 0.1) is 6.26 Å². The molecule has 0 fully saturated rings. The Morgan fingerprint density at radius 2 is 2.15 bits per heavy atom. The Hall–Kier alpha value is -3.70. The molecule has 0 saturated heterocycles. The van der Waals surface area contributed by atoms with Crippen LogP contribution in [0.5, 0.6) is 0 Å². The van der Waals surface area contributed by atoms with Crippen molar-refractivity contribution in [3.63, 3.8) is 0 Å². The first-order valence-corrected chi connectivity index (χ1v) is 8.29. The fourth-order valence-electron chi connectivity index (χ4n) is 2.27. The van der Waals surface area contributed by atoms with Gasteiger partial charge < -0.3 is 26.1 Å². The standard InChI is InChI=1S/C15H19N9O3/c16-13-21-14(19-5-1-4-11(26)18-7-6-17-9-25)22-15-20-12(23-24(13)15)10-3-2-8-27-10/h2-3,8-9H,1,4-7H2,(H,17,25)(H,18,26)(H3,16,19,20,21,22,23). The third-order valence-electron chi connectivity index (χ3n) is 3.51. The van der Waals surface area contributed by atoms with Crippen LogP contribution in [0.25, 0.3) is 17.4 Å². The van der Waals surface area contributed by atoms with Gasteiger partial charge in [-0.3, -0.25) is 9.59 Å². The van der Waals surface area contributed by atoms with Crippen LogP contribution in [-0.4, -0.2) is 56.5 Å². The second-order valence-corrected chi connectivity index (χ2v) is 5.48. The van der Waals surface area contributed by atoms with Crippen molar-refractivity contribution in [2.75, 3.05) is 30.7 Å². The highest BCUT2D eigenvalue weighted by molar-refractivity contribution is 5.75. The van der Waals surface area contributed by atoms with Crippen molar-refractivity contribution >= 4 is 30.0 Å². The summed E-state index contributed by atoms with van der Waals surface area (Å²) in [5, 5.41) is 12.4. The number of nitrogens with zero attached hydrogens (tertiary/aromatic N) is 5. The fraction of sp³-hybridized carbons (Fsp3) is 0.333. The summed E-state index contributed by atoms with van der Waals surface area (Å²) >= 11 is 0. The second-order valence-electron chi connectivity index (χ2n) is 5.48. The number of nitrogens with two attached hydrogens (primary N) is 1. The monoisotopic (exact) mass is 373 g/mol. The maximum atomic E-state index is 11.6. The van der Waals surface area contributed by atoms with Crippen LogP contribution in [0.4, 0.5) is 11.9 Å². The van der Waals surface area contributed by atoms with Gasteiger partial charge in [0.15, 0.2) is 5.76 Å². The molecule has 0 radical (unpaired) electrons. The molecule has 0 spiro atoms. The summed E-state index contributed by atoms with van der Waals surface area (Å²) in [5.74, 6) is 1.49. The van der Waals surface area contributed by atoms with E-state index in [4.69, 9.17) is 10.2 Å². The van der Waals surface area contributed by atoms with Gasteiger partial charge in [-0.1, -0.05) is 0 Å². The van der Waals surface area contributed by atoms with Crippen LogP contribution in [0.2, 0.25) is 0 Å². The van der Waals surface area contributed by atoms with Crippen molar-refractivity contribution in [2.45, 2.75) is 12.8 Å². The lowest BCUT2D eigenvalue weighted by Crippen LogP contribution is -2.31. The van der Waals surface area contributed by atoms with E-state index in [1.54, 1.807) is 12.1 Å². The first-order valence-electron chi connectivity index (χ1n) is 8.29. The summed E-state index contributed by atoms with van der Waals surface area (Å²) in [6, 6.07) is 3.47. The molecule has 0 bridgehead atoms. The summed E-state index contributed by atoms with van der Waals surface area (Å²) in [5.41, 5.74) is 5.90. The van der Waals surface area contributed by atoms with Gasteiger partial charge in [0.2, 0.25) is 30.0 Å². The maximum Gasteiger partial charge on any atom is 0.259 e. The lowest BCUT2D eigenvalue weighted by Gasteiger charge is -2.06. The molecule has 2 amide bonds. The Morgan fingerprint density at radius 1 is 1.26 bits per heavy atom. The normalized spacial score (nSPS) is 10.7. The molecule has 0 saturated carbocycles. The minimum Gasteiger partial charge on any atom is -0.461 e. The molecule has 3 heterocycles. The van der Waals surface area contributed by atoms with Crippen LogP contribution in [0.15, 0.2) is 22.8 Å². The van der Waals surface area contributed by atoms with Gasteiger partial charge >= 0.3 is 0 Å². The molecule has 12 nitrogen and oxygen atoms in total. The largest absolute Gasteiger partial charge is 0.461 e. The number of hydrogen-bond acceptors (Lipinski definition) is 9. The number of carbonyl (C=O) groups excluding carboxylic acids is 2. The number of aromatic nitrogens is 5. The van der Waals surface area contributed by atoms with Gasteiger partial charge in [-0.05, 0) is 18.6 Å². The molecule has 5 N–H and O–H groups in total. The zero-order valence-corrected chi connectivity index (χ0v) is 14.4. The van der Waals surface area contributed by atoms with Gasteiger partial charge in [-0.15, -0.1) is 5.10 Å². The molecule has 142 valence electrons. The lowest BCUT2D eigenvalue weighted by atomic mass is 10.3. The second kappa shape index (κ2) is 8.60. The lowest BCUT2D eigenvalue weighted by molar-refractivity contribution is -0.121. The number of carbonyl (C=O) groups is 2. The highest BCUT2D eigenvalue weighted by Crippen LogP contribution is 2.17. The summed E-state index contributed by atoms with van der Waals surface area (Å²) in [4.78, 5) is 34.4. The van der Waals surface area contributed by atoms with E-state index in [9.17, 15) is 9.59 Å². The molecule has 0 aliphatic heterocycles. The van der Waals surface area contributed by atoms with Crippen molar-refractivity contribution in [1.29, 1.82) is 0 Å². The topological polar surface area (TPSA) is 165 Å². The number of hydrogen-bond donors (Lipinski definition) is 4. The van der Waals surface area contributed by atoms with Crippen molar-refractivity contribution in [2.24, 2.45) is 0 Å². The van der Waals surface area contributed by atoms with Crippen LogP contribution in [0.1, 0.15) is 12.8 Å². The molecule has 3 aromatic heterocycles. The van der Waals surface area contributed by atoms with Crippen LogP contribution < -0.4 is 21.7 Å². The van der Waals surface area contributed by atoms with E-state index in [2.05, 4.69) is 36.0 Å². The maximum absolute atomic E-state index is 11.6. The highest BCUT2D eigenvalue weighted by Gasteiger charge is 2.13. The van der Waals surface area contributed by atoms with Crippen molar-refractivity contribution in [3.8, 4) is 11.6 Å². The van der Waals surface area contributed by atoms with Crippen molar-refractivity contribution < 1.29 is 14.0 Å². The van der Waals surface area contributed by atoms with Gasteiger partial charge in [0.1, 0.15) is 0 Å². The minimum absolute atomic E-state index is 0.0964. The Labute approximate surface area is 153 Å². The van der Waals surface area contributed by atoms with E-state index in [1.807, 2.05) is 0 Å². The van der Waals surface area contributed by atoms with E-state index in [1.165, 1.54) is 10.8 Å². The number of fused-ring (bicyclic) bond motifs is 1. The van der Waals surface area contributed by atoms with Crippen molar-refractivity contribution in [3.05, 3.63) is 18.4 Å². The van der Waals surface area contributed by atoms with E-state index >= 15 is 0 Å². The number of rotatable bonds is 10. The first-order chi connectivity index (χ1) is 13.2. The van der Waals surface area contributed by atoms with E-state index in [-0.39, 0.29) is 17.6 Å². The molecule has 27 heavy (non-hydrogen) atoms. The summed E-state index contributed by atoms with van der Waals surface area (Å²) in [6.07, 6.45) is 3.02. The summed E-state index contributed by atoms with van der Waals surface area (Å²) in [7, 11) is 0. The molecule has 3 rings (SSSR count). The number of nitrogen functional groups attached to an aromatic ring is 1. The number of furan rings is 1. The molecule has 0 atom stereocenters. The van der Waals surface area contributed by atoms with Crippen molar-refractivity contribution in [1.82, 2.24) is 35.2 Å². The Kier molecular flexibility index (Phi) is 5.77. The van der Waals surface area contributed by atoms with Gasteiger partial charge in [0, 0.05) is 26.1 Å². The molecular formula is C15H19N9O3. The number of amides is 2. The predicted octanol–water partition coefficient (Wildman–Crippen LogP) is -0.584. The molecule has 0 aromatic carbocycles. The quantitative estimate of drug-likeness (QED) is 0.268. The summed E-state index contributed by atoms with van der Waals surface area (Å²) < 4.78 is 6.58. The smallest absolute Gasteiger partial charge is 0.259 e. The average molecular weight is 373 g/mol. The molecule has 12 heteroatoms. The molecule has 0 unspecified atom stereocenters. The van der Waals surface area contributed by atoms with Crippen LogP contribution in [0.3, 0.4) is 0 Å². The Bertz CT molecular complexity index is 907.